The molecule has 98 valence electrons. The molecule has 1 fully saturated rings. The van der Waals surface area contributed by atoms with E-state index in [2.05, 4.69) is 16.3 Å². The third-order valence-corrected chi connectivity index (χ3v) is 3.81. The van der Waals surface area contributed by atoms with Crippen LogP contribution in [0.5, 0.6) is 0 Å². The van der Waals surface area contributed by atoms with E-state index in [-0.39, 0.29) is 0 Å². The zero-order chi connectivity index (χ0) is 12.8. The summed E-state index contributed by atoms with van der Waals surface area (Å²) in [5, 5.41) is 14.4. The molecule has 0 saturated heterocycles. The van der Waals surface area contributed by atoms with Gasteiger partial charge in [0, 0.05) is 35.3 Å². The van der Waals surface area contributed by atoms with E-state index >= 15 is 0 Å². The van der Waals surface area contributed by atoms with Gasteiger partial charge in [-0.2, -0.15) is 5.10 Å². The molecule has 2 aliphatic rings. The third-order valence-electron chi connectivity index (χ3n) is 3.81. The van der Waals surface area contributed by atoms with Gasteiger partial charge in [0.1, 0.15) is 6.10 Å². The van der Waals surface area contributed by atoms with Gasteiger partial charge in [0.25, 0.3) is 0 Å². The second kappa shape index (κ2) is 4.15. The van der Waals surface area contributed by atoms with Crippen LogP contribution in [0.2, 0.25) is 0 Å². The Balaban J connectivity index is 1.79. The summed E-state index contributed by atoms with van der Waals surface area (Å²) in [7, 11) is 0. The molecule has 2 aromatic heterocycles. The van der Waals surface area contributed by atoms with Crippen LogP contribution in [-0.2, 0) is 11.3 Å². The summed E-state index contributed by atoms with van der Waals surface area (Å²) < 4.78 is 7.45. The molecule has 2 aromatic rings. The van der Waals surface area contributed by atoms with Crippen molar-refractivity contribution < 1.29 is 9.84 Å². The molecule has 1 unspecified atom stereocenters. The first kappa shape index (κ1) is 11.1. The Morgan fingerprint density at radius 2 is 2.16 bits per heavy atom. The summed E-state index contributed by atoms with van der Waals surface area (Å²) >= 11 is 0. The fourth-order valence-electron chi connectivity index (χ4n) is 2.58. The number of pyridine rings is 1. The van der Waals surface area contributed by atoms with Crippen LogP contribution in [-0.4, -0.2) is 26.5 Å². The summed E-state index contributed by atoms with van der Waals surface area (Å²) in [6.45, 7) is 0.873. The minimum atomic E-state index is -0.574. The van der Waals surface area contributed by atoms with E-state index < -0.39 is 6.10 Å². The largest absolute Gasteiger partial charge is 0.386 e. The van der Waals surface area contributed by atoms with Crippen LogP contribution in [0.15, 0.2) is 24.8 Å². The smallest absolute Gasteiger partial charge is 0.104 e. The summed E-state index contributed by atoms with van der Waals surface area (Å²) in [5.41, 5.74) is 3.98. The maximum Gasteiger partial charge on any atom is 0.104 e. The van der Waals surface area contributed by atoms with Crippen LogP contribution in [0.3, 0.4) is 0 Å². The van der Waals surface area contributed by atoms with E-state index in [4.69, 9.17) is 4.74 Å². The van der Waals surface area contributed by atoms with Crippen LogP contribution in [0.4, 0.5) is 0 Å². The van der Waals surface area contributed by atoms with Crippen LogP contribution >= 0.6 is 0 Å². The Kier molecular flexibility index (Phi) is 2.43. The number of fused-ring (bicyclic) bond motifs is 1. The number of hydrogen-bond acceptors (Lipinski definition) is 4. The number of aliphatic hydroxyl groups is 1. The monoisotopic (exact) mass is 257 g/mol. The number of ether oxygens (including phenoxy) is 1. The van der Waals surface area contributed by atoms with Crippen LogP contribution < -0.4 is 0 Å². The normalized spacial score (nSPS) is 22.3. The van der Waals surface area contributed by atoms with Gasteiger partial charge in [0.05, 0.1) is 25.5 Å². The fraction of sp³-hybridized carbons (Fsp3) is 0.429. The van der Waals surface area contributed by atoms with Crippen molar-refractivity contribution in [2.75, 3.05) is 6.61 Å². The second-order valence-corrected chi connectivity index (χ2v) is 5.23. The number of aliphatic hydroxyl groups excluding tert-OH is 1. The minimum absolute atomic E-state index is 0.347. The first-order valence-electron chi connectivity index (χ1n) is 6.60. The quantitative estimate of drug-likeness (QED) is 0.891. The van der Waals surface area contributed by atoms with Gasteiger partial charge in [0.2, 0.25) is 0 Å². The Morgan fingerprint density at radius 1 is 1.26 bits per heavy atom. The molecule has 1 atom stereocenters. The van der Waals surface area contributed by atoms with E-state index in [9.17, 15) is 5.11 Å². The highest BCUT2D eigenvalue weighted by Gasteiger charge is 2.26. The predicted octanol–water partition coefficient (Wildman–Crippen LogP) is 1.84. The van der Waals surface area contributed by atoms with Gasteiger partial charge < -0.3 is 9.84 Å². The van der Waals surface area contributed by atoms with Gasteiger partial charge in [-0.1, -0.05) is 0 Å². The van der Waals surface area contributed by atoms with E-state index in [1.165, 1.54) is 12.8 Å². The third kappa shape index (κ3) is 1.86. The standard InChI is InChI=1S/C14H15N3O2/c18-14-8-19-7-13-11(4-15-5-12(13)14)9-3-16-17(6-9)10-1-2-10/h3-6,10,14,18H,1-2,7-8H2. The average Bonchev–Trinajstić information content (AvgIpc) is 3.17. The molecular weight excluding hydrogens is 242 g/mol. The van der Waals surface area contributed by atoms with Crippen molar-refractivity contribution in [1.29, 1.82) is 0 Å². The lowest BCUT2D eigenvalue weighted by Gasteiger charge is -2.23. The molecule has 1 aliphatic heterocycles. The summed E-state index contributed by atoms with van der Waals surface area (Å²) in [6, 6.07) is 0.572. The maximum absolute atomic E-state index is 9.95. The zero-order valence-electron chi connectivity index (χ0n) is 10.5. The zero-order valence-corrected chi connectivity index (χ0v) is 10.5. The van der Waals surface area contributed by atoms with Crippen molar-refractivity contribution in [1.82, 2.24) is 14.8 Å². The van der Waals surface area contributed by atoms with E-state index in [0.717, 1.165) is 22.3 Å². The molecule has 4 rings (SSSR count). The van der Waals surface area contributed by atoms with Crippen molar-refractivity contribution in [3.05, 3.63) is 35.9 Å². The lowest BCUT2D eigenvalue weighted by atomic mass is 9.96. The van der Waals surface area contributed by atoms with Gasteiger partial charge in [-0.05, 0) is 18.4 Å². The minimum Gasteiger partial charge on any atom is -0.386 e. The average molecular weight is 257 g/mol. The first-order chi connectivity index (χ1) is 9.33. The molecular formula is C14H15N3O2. The Bertz CT molecular complexity index is 619. The molecule has 0 spiro atoms. The van der Waals surface area contributed by atoms with Crippen LogP contribution in [0, 0.1) is 0 Å². The van der Waals surface area contributed by atoms with E-state index in [1.807, 2.05) is 17.1 Å². The predicted molar refractivity (Wildman–Crippen MR) is 68.3 cm³/mol. The second-order valence-electron chi connectivity index (χ2n) is 5.23. The van der Waals surface area contributed by atoms with Crippen LogP contribution in [0.1, 0.15) is 36.1 Å². The summed E-state index contributed by atoms with van der Waals surface area (Å²) in [4.78, 5) is 4.24. The van der Waals surface area contributed by atoms with Gasteiger partial charge >= 0.3 is 0 Å². The number of aromatic nitrogens is 3. The first-order valence-corrected chi connectivity index (χ1v) is 6.60. The molecule has 0 bridgehead atoms. The van der Waals surface area contributed by atoms with Crippen molar-refractivity contribution in [2.45, 2.75) is 31.6 Å². The fourth-order valence-corrected chi connectivity index (χ4v) is 2.58. The van der Waals surface area contributed by atoms with Gasteiger partial charge in [-0.3, -0.25) is 9.67 Å². The molecule has 5 heteroatoms. The lowest BCUT2D eigenvalue weighted by molar-refractivity contribution is 0.00981. The van der Waals surface area contributed by atoms with Crippen LogP contribution in [0.25, 0.3) is 11.1 Å². The van der Waals surface area contributed by atoms with E-state index in [0.29, 0.717) is 19.3 Å². The number of nitrogens with zero attached hydrogens (tertiary/aromatic N) is 3. The molecule has 5 nitrogen and oxygen atoms in total. The van der Waals surface area contributed by atoms with Crippen molar-refractivity contribution in [3.8, 4) is 11.1 Å². The SMILES string of the molecule is OC1COCc2c(-c3cnn(C4CC4)c3)cncc21. The molecule has 1 saturated carbocycles. The van der Waals surface area contributed by atoms with Crippen molar-refractivity contribution in [2.24, 2.45) is 0 Å². The Morgan fingerprint density at radius 3 is 3.00 bits per heavy atom. The molecule has 1 aliphatic carbocycles. The van der Waals surface area contributed by atoms with E-state index in [1.54, 1.807) is 6.20 Å². The molecule has 0 aromatic carbocycles. The maximum atomic E-state index is 9.95. The van der Waals surface area contributed by atoms with Crippen molar-refractivity contribution in [3.63, 3.8) is 0 Å². The Labute approximate surface area is 110 Å². The molecule has 19 heavy (non-hydrogen) atoms. The topological polar surface area (TPSA) is 60.2 Å². The molecule has 0 radical (unpaired) electrons. The number of rotatable bonds is 2. The van der Waals surface area contributed by atoms with Crippen molar-refractivity contribution >= 4 is 0 Å². The molecule has 3 heterocycles. The molecule has 0 amide bonds. The highest BCUT2D eigenvalue weighted by molar-refractivity contribution is 5.66. The summed E-state index contributed by atoms with van der Waals surface area (Å²) in [6.07, 6.45) is 9.36. The highest BCUT2D eigenvalue weighted by Crippen LogP contribution is 2.37. The van der Waals surface area contributed by atoms with Gasteiger partial charge in [-0.25, -0.2) is 0 Å². The van der Waals surface area contributed by atoms with Gasteiger partial charge in [-0.15, -0.1) is 0 Å². The Hall–Kier alpha value is -1.72. The number of hydrogen-bond donors (Lipinski definition) is 1. The molecule has 1 N–H and O–H groups in total. The van der Waals surface area contributed by atoms with Gasteiger partial charge in [0.15, 0.2) is 0 Å². The highest BCUT2D eigenvalue weighted by atomic mass is 16.5. The summed E-state index contributed by atoms with van der Waals surface area (Å²) in [5.74, 6) is 0. The lowest BCUT2D eigenvalue weighted by Crippen LogP contribution is -2.17.